The van der Waals surface area contributed by atoms with Gasteiger partial charge in [0.25, 0.3) is 5.89 Å². The molecule has 2 aromatic heterocycles. The SMILES string of the molecule is CC(C)(C)CC(=O)N1CCC(OCc2nc(-c3ccncc3)no2)CC1. The monoisotopic (exact) mass is 358 g/mol. The highest BCUT2D eigenvalue weighted by molar-refractivity contribution is 5.76. The fourth-order valence-electron chi connectivity index (χ4n) is 2.96. The lowest BCUT2D eigenvalue weighted by Gasteiger charge is -2.33. The maximum Gasteiger partial charge on any atom is 0.252 e. The quantitative estimate of drug-likeness (QED) is 0.817. The van der Waals surface area contributed by atoms with Crippen LogP contribution in [0.2, 0.25) is 0 Å². The van der Waals surface area contributed by atoms with Crippen molar-refractivity contribution in [1.82, 2.24) is 20.0 Å². The lowest BCUT2D eigenvalue weighted by molar-refractivity contribution is -0.136. The van der Waals surface area contributed by atoms with Gasteiger partial charge in [-0.3, -0.25) is 9.78 Å². The molecule has 0 bridgehead atoms. The van der Waals surface area contributed by atoms with Gasteiger partial charge in [-0.2, -0.15) is 4.98 Å². The Morgan fingerprint density at radius 3 is 2.62 bits per heavy atom. The van der Waals surface area contributed by atoms with Crippen molar-refractivity contribution >= 4 is 5.91 Å². The summed E-state index contributed by atoms with van der Waals surface area (Å²) in [6.07, 6.45) is 5.75. The van der Waals surface area contributed by atoms with E-state index in [1.54, 1.807) is 12.4 Å². The summed E-state index contributed by atoms with van der Waals surface area (Å²) in [7, 11) is 0. The molecule has 0 N–H and O–H groups in total. The van der Waals surface area contributed by atoms with Crippen LogP contribution in [0.15, 0.2) is 29.0 Å². The summed E-state index contributed by atoms with van der Waals surface area (Å²) < 4.78 is 11.2. The van der Waals surface area contributed by atoms with E-state index in [9.17, 15) is 4.79 Å². The third-order valence-electron chi connectivity index (χ3n) is 4.33. The number of rotatable bonds is 5. The maximum atomic E-state index is 12.3. The molecular formula is C19H26N4O3. The molecule has 7 nitrogen and oxygen atoms in total. The van der Waals surface area contributed by atoms with Gasteiger partial charge in [-0.15, -0.1) is 0 Å². The highest BCUT2D eigenvalue weighted by atomic mass is 16.5. The van der Waals surface area contributed by atoms with Crippen LogP contribution in [0.25, 0.3) is 11.4 Å². The zero-order valence-electron chi connectivity index (χ0n) is 15.6. The first-order valence-electron chi connectivity index (χ1n) is 9.03. The minimum Gasteiger partial charge on any atom is -0.368 e. The van der Waals surface area contributed by atoms with Crippen molar-refractivity contribution in [3.05, 3.63) is 30.4 Å². The third-order valence-corrected chi connectivity index (χ3v) is 4.33. The molecule has 140 valence electrons. The number of nitrogens with zero attached hydrogens (tertiary/aromatic N) is 4. The van der Waals surface area contributed by atoms with Crippen molar-refractivity contribution in [1.29, 1.82) is 0 Å². The molecule has 0 aliphatic carbocycles. The molecule has 3 rings (SSSR count). The number of pyridine rings is 1. The Labute approximate surface area is 153 Å². The molecule has 0 spiro atoms. The van der Waals surface area contributed by atoms with Gasteiger partial charge in [-0.25, -0.2) is 0 Å². The predicted molar refractivity (Wildman–Crippen MR) is 96.0 cm³/mol. The van der Waals surface area contributed by atoms with E-state index >= 15 is 0 Å². The number of hydrogen-bond donors (Lipinski definition) is 0. The molecule has 2 aromatic rings. The Morgan fingerprint density at radius 2 is 1.96 bits per heavy atom. The maximum absolute atomic E-state index is 12.3. The van der Waals surface area contributed by atoms with Gasteiger partial charge in [0.2, 0.25) is 11.7 Å². The van der Waals surface area contributed by atoms with Crippen LogP contribution >= 0.6 is 0 Å². The van der Waals surface area contributed by atoms with Gasteiger partial charge in [0.15, 0.2) is 0 Å². The largest absolute Gasteiger partial charge is 0.368 e. The zero-order chi connectivity index (χ0) is 18.6. The molecule has 1 aliphatic rings. The second-order valence-electron chi connectivity index (χ2n) is 7.88. The first-order valence-corrected chi connectivity index (χ1v) is 9.03. The van der Waals surface area contributed by atoms with E-state index in [0.717, 1.165) is 31.5 Å². The highest BCUT2D eigenvalue weighted by Gasteiger charge is 2.26. The Hall–Kier alpha value is -2.28. The highest BCUT2D eigenvalue weighted by Crippen LogP contribution is 2.23. The van der Waals surface area contributed by atoms with Crippen molar-refractivity contribution in [3.8, 4) is 11.4 Å². The van der Waals surface area contributed by atoms with Crippen LogP contribution in [0.1, 0.15) is 45.9 Å². The van der Waals surface area contributed by atoms with Crippen molar-refractivity contribution in [2.24, 2.45) is 5.41 Å². The molecule has 26 heavy (non-hydrogen) atoms. The molecule has 1 amide bonds. The second-order valence-corrected chi connectivity index (χ2v) is 7.88. The fraction of sp³-hybridized carbons (Fsp3) is 0.579. The number of piperidine rings is 1. The first kappa shape index (κ1) is 18.5. The van der Waals surface area contributed by atoms with Gasteiger partial charge in [0, 0.05) is 37.5 Å². The van der Waals surface area contributed by atoms with E-state index in [1.165, 1.54) is 0 Å². The molecule has 0 saturated carbocycles. The Kier molecular flexibility index (Phi) is 5.66. The van der Waals surface area contributed by atoms with Crippen LogP contribution < -0.4 is 0 Å². The Balaban J connectivity index is 1.44. The summed E-state index contributed by atoms with van der Waals surface area (Å²) >= 11 is 0. The van der Waals surface area contributed by atoms with Gasteiger partial charge in [0.05, 0.1) is 6.10 Å². The van der Waals surface area contributed by atoms with Crippen LogP contribution in [0.3, 0.4) is 0 Å². The molecule has 0 atom stereocenters. The molecule has 0 aromatic carbocycles. The Bertz CT molecular complexity index is 716. The van der Waals surface area contributed by atoms with E-state index < -0.39 is 0 Å². The lowest BCUT2D eigenvalue weighted by Crippen LogP contribution is -2.42. The van der Waals surface area contributed by atoms with Crippen LogP contribution in [0.5, 0.6) is 0 Å². The minimum absolute atomic E-state index is 0.0227. The molecule has 7 heteroatoms. The predicted octanol–water partition coefficient (Wildman–Crippen LogP) is 3.08. The van der Waals surface area contributed by atoms with Crippen molar-refractivity contribution in [3.63, 3.8) is 0 Å². The summed E-state index contributed by atoms with van der Waals surface area (Å²) in [5, 5.41) is 3.97. The average Bonchev–Trinajstić information content (AvgIpc) is 3.09. The average molecular weight is 358 g/mol. The van der Waals surface area contributed by atoms with Crippen LogP contribution in [-0.2, 0) is 16.1 Å². The summed E-state index contributed by atoms with van der Waals surface area (Å²) in [5.74, 6) is 1.23. The number of hydrogen-bond acceptors (Lipinski definition) is 6. The number of carbonyl (C=O) groups is 1. The zero-order valence-corrected chi connectivity index (χ0v) is 15.6. The summed E-state index contributed by atoms with van der Waals surface area (Å²) in [4.78, 5) is 22.6. The van der Waals surface area contributed by atoms with Crippen LogP contribution in [-0.4, -0.2) is 45.1 Å². The van der Waals surface area contributed by atoms with E-state index in [-0.39, 0.29) is 17.4 Å². The molecule has 3 heterocycles. The van der Waals surface area contributed by atoms with Gasteiger partial charge in [0.1, 0.15) is 6.61 Å². The number of likely N-dealkylation sites (tertiary alicyclic amines) is 1. The van der Waals surface area contributed by atoms with E-state index in [2.05, 4.69) is 35.9 Å². The number of carbonyl (C=O) groups excluding carboxylic acids is 1. The van der Waals surface area contributed by atoms with E-state index in [4.69, 9.17) is 9.26 Å². The van der Waals surface area contributed by atoms with Gasteiger partial charge < -0.3 is 14.2 Å². The minimum atomic E-state index is 0.0227. The third kappa shape index (κ3) is 5.11. The summed E-state index contributed by atoms with van der Waals surface area (Å²) in [6, 6.07) is 3.67. The first-order chi connectivity index (χ1) is 12.4. The van der Waals surface area contributed by atoms with Crippen LogP contribution in [0, 0.1) is 5.41 Å². The summed E-state index contributed by atoms with van der Waals surface area (Å²) in [6.45, 7) is 8.04. The molecule has 0 radical (unpaired) electrons. The number of amides is 1. The van der Waals surface area contributed by atoms with Gasteiger partial charge >= 0.3 is 0 Å². The van der Waals surface area contributed by atoms with Gasteiger partial charge in [-0.1, -0.05) is 25.9 Å². The second kappa shape index (κ2) is 7.95. The van der Waals surface area contributed by atoms with Crippen molar-refractivity contribution < 1.29 is 14.1 Å². The number of ether oxygens (including phenoxy) is 1. The molecular weight excluding hydrogens is 332 g/mol. The number of aromatic nitrogens is 3. The molecule has 1 fully saturated rings. The fourth-order valence-corrected chi connectivity index (χ4v) is 2.96. The smallest absolute Gasteiger partial charge is 0.252 e. The molecule has 1 aliphatic heterocycles. The van der Waals surface area contributed by atoms with Gasteiger partial charge in [-0.05, 0) is 30.4 Å². The Morgan fingerprint density at radius 1 is 1.27 bits per heavy atom. The normalized spacial score (nSPS) is 16.0. The van der Waals surface area contributed by atoms with Crippen molar-refractivity contribution in [2.45, 2.75) is 52.7 Å². The standard InChI is InChI=1S/C19H26N4O3/c1-19(2,3)12-17(24)23-10-6-15(7-11-23)25-13-16-21-18(22-26-16)14-4-8-20-9-5-14/h4-5,8-9,15H,6-7,10-13H2,1-3H3. The van der Waals surface area contributed by atoms with Crippen LogP contribution in [0.4, 0.5) is 0 Å². The topological polar surface area (TPSA) is 81.4 Å². The summed E-state index contributed by atoms with van der Waals surface area (Å²) in [5.41, 5.74) is 0.884. The molecule has 0 unspecified atom stereocenters. The molecule has 1 saturated heterocycles. The van der Waals surface area contributed by atoms with E-state index in [0.29, 0.717) is 24.7 Å². The van der Waals surface area contributed by atoms with Crippen molar-refractivity contribution in [2.75, 3.05) is 13.1 Å². The van der Waals surface area contributed by atoms with E-state index in [1.807, 2.05) is 17.0 Å². The lowest BCUT2D eigenvalue weighted by atomic mass is 9.91.